The Labute approximate surface area is 216 Å². The van der Waals surface area contributed by atoms with Crippen molar-refractivity contribution in [1.82, 2.24) is 10.2 Å². The van der Waals surface area contributed by atoms with Crippen molar-refractivity contribution in [2.75, 3.05) is 13.2 Å². The molecule has 0 aliphatic rings. The number of ether oxygens (including phenoxy) is 1. The Morgan fingerprint density at radius 2 is 1.63 bits per heavy atom. The molecule has 0 fully saturated rings. The molecule has 1 N–H and O–H groups in total. The van der Waals surface area contributed by atoms with Crippen molar-refractivity contribution in [3.63, 3.8) is 0 Å². The minimum absolute atomic E-state index is 0.166. The zero-order chi connectivity index (χ0) is 25.2. The standard InChI is InChI=1S/C29H33BrN2O3/c1-4-22-15-16-27(25(30)17-22)35-20-28(33)32(19-24-13-11-21(3)12-14-24)26(29(34)31-5-2)18-23-9-7-6-8-10-23/h6-17,26H,4-5,18-20H2,1-3H3,(H,31,34)/t26-/m1/s1. The van der Waals surface area contributed by atoms with Gasteiger partial charge in [0.15, 0.2) is 6.61 Å². The highest BCUT2D eigenvalue weighted by molar-refractivity contribution is 9.10. The highest BCUT2D eigenvalue weighted by Gasteiger charge is 2.30. The quantitative estimate of drug-likeness (QED) is 0.353. The molecular weight excluding hydrogens is 504 g/mol. The second-order valence-corrected chi connectivity index (χ2v) is 9.37. The fraction of sp³-hybridized carbons (Fsp3) is 0.310. The maximum atomic E-state index is 13.6. The van der Waals surface area contributed by atoms with Gasteiger partial charge < -0.3 is 15.0 Å². The smallest absolute Gasteiger partial charge is 0.261 e. The number of benzene rings is 3. The molecule has 0 saturated carbocycles. The van der Waals surface area contributed by atoms with Crippen molar-refractivity contribution in [3.8, 4) is 5.75 Å². The van der Waals surface area contributed by atoms with Crippen molar-refractivity contribution in [2.45, 2.75) is 46.2 Å². The van der Waals surface area contributed by atoms with Crippen LogP contribution >= 0.6 is 15.9 Å². The molecule has 0 aliphatic carbocycles. The van der Waals surface area contributed by atoms with Crippen molar-refractivity contribution < 1.29 is 14.3 Å². The summed E-state index contributed by atoms with van der Waals surface area (Å²) in [5.41, 5.74) is 4.26. The third kappa shape index (κ3) is 7.69. The predicted molar refractivity (Wildman–Crippen MR) is 143 cm³/mol. The number of carbonyl (C=O) groups excluding carboxylic acids is 2. The summed E-state index contributed by atoms with van der Waals surface area (Å²) in [5.74, 6) is 0.179. The number of carbonyl (C=O) groups is 2. The predicted octanol–water partition coefficient (Wildman–Crippen LogP) is 5.47. The number of halogens is 1. The molecule has 2 amide bonds. The summed E-state index contributed by atoms with van der Waals surface area (Å²) in [6.45, 7) is 6.62. The van der Waals surface area contributed by atoms with E-state index in [0.29, 0.717) is 25.3 Å². The lowest BCUT2D eigenvalue weighted by molar-refractivity contribution is -0.142. The van der Waals surface area contributed by atoms with Gasteiger partial charge in [-0.25, -0.2) is 0 Å². The van der Waals surface area contributed by atoms with E-state index in [9.17, 15) is 9.59 Å². The molecule has 0 radical (unpaired) electrons. The molecule has 35 heavy (non-hydrogen) atoms. The molecule has 0 unspecified atom stereocenters. The number of aryl methyl sites for hydroxylation is 2. The average molecular weight is 537 g/mol. The van der Waals surface area contributed by atoms with Crippen molar-refractivity contribution in [1.29, 1.82) is 0 Å². The summed E-state index contributed by atoms with van der Waals surface area (Å²) in [6.07, 6.45) is 1.33. The van der Waals surface area contributed by atoms with Crippen LogP contribution in [-0.2, 0) is 29.0 Å². The zero-order valence-electron chi connectivity index (χ0n) is 20.6. The molecule has 184 valence electrons. The van der Waals surface area contributed by atoms with E-state index in [-0.39, 0.29) is 18.4 Å². The van der Waals surface area contributed by atoms with E-state index in [1.807, 2.05) is 86.6 Å². The first-order valence-electron chi connectivity index (χ1n) is 12.0. The van der Waals surface area contributed by atoms with Crippen LogP contribution in [0.4, 0.5) is 0 Å². The Balaban J connectivity index is 1.88. The van der Waals surface area contributed by atoms with Crippen LogP contribution in [0.25, 0.3) is 0 Å². The molecular formula is C29H33BrN2O3. The van der Waals surface area contributed by atoms with Crippen molar-refractivity contribution in [2.24, 2.45) is 0 Å². The van der Waals surface area contributed by atoms with E-state index in [1.54, 1.807) is 4.90 Å². The average Bonchev–Trinajstić information content (AvgIpc) is 2.87. The van der Waals surface area contributed by atoms with Gasteiger partial charge in [-0.15, -0.1) is 0 Å². The maximum absolute atomic E-state index is 13.6. The highest BCUT2D eigenvalue weighted by atomic mass is 79.9. The minimum Gasteiger partial charge on any atom is -0.483 e. The molecule has 0 heterocycles. The number of hydrogen-bond acceptors (Lipinski definition) is 3. The molecule has 3 rings (SSSR count). The van der Waals surface area contributed by atoms with Crippen molar-refractivity contribution in [3.05, 3.63) is 99.5 Å². The van der Waals surface area contributed by atoms with Crippen LogP contribution in [0.15, 0.2) is 77.3 Å². The third-order valence-corrected chi connectivity index (χ3v) is 6.47. The largest absolute Gasteiger partial charge is 0.483 e. The van der Waals surface area contributed by atoms with E-state index < -0.39 is 6.04 Å². The highest BCUT2D eigenvalue weighted by Crippen LogP contribution is 2.26. The normalized spacial score (nSPS) is 11.5. The van der Waals surface area contributed by atoms with Gasteiger partial charge in [-0.3, -0.25) is 9.59 Å². The second-order valence-electron chi connectivity index (χ2n) is 8.51. The van der Waals surface area contributed by atoms with Gasteiger partial charge >= 0.3 is 0 Å². The number of rotatable bonds is 11. The van der Waals surface area contributed by atoms with Gasteiger partial charge in [-0.2, -0.15) is 0 Å². The summed E-state index contributed by atoms with van der Waals surface area (Å²) >= 11 is 3.54. The van der Waals surface area contributed by atoms with Gasteiger partial charge in [0.25, 0.3) is 5.91 Å². The Hall–Kier alpha value is -3.12. The van der Waals surface area contributed by atoms with Gasteiger partial charge in [0.2, 0.25) is 5.91 Å². The molecule has 0 saturated heterocycles. The van der Waals surface area contributed by atoms with Crippen LogP contribution in [0.1, 0.15) is 36.1 Å². The summed E-state index contributed by atoms with van der Waals surface area (Å²) in [7, 11) is 0. The van der Waals surface area contributed by atoms with E-state index in [0.717, 1.165) is 27.6 Å². The summed E-state index contributed by atoms with van der Waals surface area (Å²) in [4.78, 5) is 28.4. The zero-order valence-corrected chi connectivity index (χ0v) is 22.2. The van der Waals surface area contributed by atoms with Crippen LogP contribution in [0, 0.1) is 6.92 Å². The number of nitrogens with one attached hydrogen (secondary N) is 1. The van der Waals surface area contributed by atoms with Gasteiger partial charge in [-0.05, 0) is 65.0 Å². The molecule has 5 nitrogen and oxygen atoms in total. The molecule has 0 aliphatic heterocycles. The topological polar surface area (TPSA) is 58.6 Å². The van der Waals surface area contributed by atoms with Crippen LogP contribution in [-0.4, -0.2) is 35.9 Å². The lowest BCUT2D eigenvalue weighted by atomic mass is 10.0. The first-order chi connectivity index (χ1) is 16.9. The molecule has 1 atom stereocenters. The second kappa shape index (κ2) is 13.1. The molecule has 3 aromatic rings. The Morgan fingerprint density at radius 1 is 0.943 bits per heavy atom. The van der Waals surface area contributed by atoms with Gasteiger partial charge in [-0.1, -0.05) is 73.2 Å². The molecule has 3 aromatic carbocycles. The fourth-order valence-corrected chi connectivity index (χ4v) is 4.38. The van der Waals surface area contributed by atoms with Gasteiger partial charge in [0.1, 0.15) is 11.8 Å². The first-order valence-corrected chi connectivity index (χ1v) is 12.8. The van der Waals surface area contributed by atoms with Gasteiger partial charge in [0, 0.05) is 19.5 Å². The summed E-state index contributed by atoms with van der Waals surface area (Å²) in [6, 6.07) is 23.0. The van der Waals surface area contributed by atoms with Gasteiger partial charge in [0.05, 0.1) is 4.47 Å². The number of nitrogens with zero attached hydrogens (tertiary/aromatic N) is 1. The Kier molecular flexibility index (Phi) is 9.91. The van der Waals surface area contributed by atoms with Crippen LogP contribution in [0.2, 0.25) is 0 Å². The Bertz CT molecular complexity index is 1120. The van der Waals surface area contributed by atoms with E-state index in [2.05, 4.69) is 28.2 Å². The SMILES string of the molecule is CCNC(=O)[C@@H](Cc1ccccc1)N(Cc1ccc(C)cc1)C(=O)COc1ccc(CC)cc1Br. The van der Waals surface area contributed by atoms with Crippen molar-refractivity contribution >= 4 is 27.7 Å². The number of amides is 2. The summed E-state index contributed by atoms with van der Waals surface area (Å²) in [5, 5.41) is 2.91. The van der Waals surface area contributed by atoms with Crippen LogP contribution in [0.5, 0.6) is 5.75 Å². The van der Waals surface area contributed by atoms with E-state index in [4.69, 9.17) is 4.74 Å². The number of likely N-dealkylation sites (N-methyl/N-ethyl adjacent to an activating group) is 1. The summed E-state index contributed by atoms with van der Waals surface area (Å²) < 4.78 is 6.71. The minimum atomic E-state index is -0.666. The molecule has 6 heteroatoms. The Morgan fingerprint density at radius 3 is 2.26 bits per heavy atom. The lowest BCUT2D eigenvalue weighted by Gasteiger charge is -2.31. The third-order valence-electron chi connectivity index (χ3n) is 5.85. The lowest BCUT2D eigenvalue weighted by Crippen LogP contribution is -2.51. The monoisotopic (exact) mass is 536 g/mol. The molecule has 0 spiro atoms. The fourth-order valence-electron chi connectivity index (χ4n) is 3.84. The van der Waals surface area contributed by atoms with E-state index >= 15 is 0 Å². The molecule has 0 bridgehead atoms. The molecule has 0 aromatic heterocycles. The van der Waals surface area contributed by atoms with Crippen LogP contribution < -0.4 is 10.1 Å². The number of hydrogen-bond donors (Lipinski definition) is 1. The maximum Gasteiger partial charge on any atom is 0.261 e. The first kappa shape index (κ1) is 26.5. The van der Waals surface area contributed by atoms with E-state index in [1.165, 1.54) is 5.56 Å². The van der Waals surface area contributed by atoms with Crippen LogP contribution in [0.3, 0.4) is 0 Å².